The minimum Gasteiger partial charge on any atom is -0.496 e. The van der Waals surface area contributed by atoms with Crippen molar-refractivity contribution in [3.8, 4) is 17.2 Å². The third-order valence-corrected chi connectivity index (χ3v) is 4.37. The summed E-state index contributed by atoms with van der Waals surface area (Å²) in [6, 6.07) is 12.8. The summed E-state index contributed by atoms with van der Waals surface area (Å²) in [5.41, 5.74) is 2.66. The lowest BCUT2D eigenvalue weighted by Gasteiger charge is -2.22. The molecule has 0 saturated heterocycles. The van der Waals surface area contributed by atoms with Crippen LogP contribution in [0.15, 0.2) is 47.5 Å². The maximum Gasteiger partial charge on any atom is 0.245 e. The van der Waals surface area contributed by atoms with Crippen molar-refractivity contribution in [1.82, 2.24) is 5.32 Å². The van der Waals surface area contributed by atoms with Gasteiger partial charge in [0.2, 0.25) is 5.91 Å². The van der Waals surface area contributed by atoms with Crippen LogP contribution in [0.2, 0.25) is 0 Å². The molecular formula is C20H22N2O4. The molecule has 0 spiro atoms. The number of benzene rings is 2. The Morgan fingerprint density at radius 2 is 1.73 bits per heavy atom. The number of ether oxygens (including phenoxy) is 3. The van der Waals surface area contributed by atoms with Gasteiger partial charge in [0, 0.05) is 12.0 Å². The summed E-state index contributed by atoms with van der Waals surface area (Å²) in [4.78, 5) is 17.0. The van der Waals surface area contributed by atoms with Crippen LogP contribution in [0.25, 0.3) is 0 Å². The van der Waals surface area contributed by atoms with E-state index in [0.29, 0.717) is 24.5 Å². The van der Waals surface area contributed by atoms with Crippen LogP contribution in [0.5, 0.6) is 17.2 Å². The summed E-state index contributed by atoms with van der Waals surface area (Å²) in [6.45, 7) is 0.386. The molecule has 1 unspecified atom stereocenters. The lowest BCUT2D eigenvalue weighted by atomic mass is 10.0. The van der Waals surface area contributed by atoms with E-state index in [1.807, 2.05) is 42.5 Å². The molecule has 0 saturated carbocycles. The lowest BCUT2D eigenvalue weighted by molar-refractivity contribution is -0.122. The van der Waals surface area contributed by atoms with Crippen LogP contribution in [0.1, 0.15) is 11.1 Å². The number of carbonyl (C=O) groups excluding carboxylic acids is 1. The summed E-state index contributed by atoms with van der Waals surface area (Å²) < 4.78 is 16.0. The summed E-state index contributed by atoms with van der Waals surface area (Å²) in [6.07, 6.45) is 0.479. The fourth-order valence-electron chi connectivity index (χ4n) is 2.99. The quantitative estimate of drug-likeness (QED) is 0.864. The maximum atomic E-state index is 12.3. The van der Waals surface area contributed by atoms with Crippen LogP contribution in [-0.2, 0) is 11.2 Å². The zero-order valence-electron chi connectivity index (χ0n) is 15.1. The Hall–Kier alpha value is -3.02. The molecular weight excluding hydrogens is 332 g/mol. The average Bonchev–Trinajstić information content (AvgIpc) is 2.69. The predicted molar refractivity (Wildman–Crippen MR) is 99.6 cm³/mol. The van der Waals surface area contributed by atoms with E-state index < -0.39 is 6.04 Å². The van der Waals surface area contributed by atoms with Gasteiger partial charge in [0.1, 0.15) is 11.8 Å². The standard InChI is InChI=1S/C20H22N2O4/c1-24-17-7-5-4-6-14(17)10-15-20(23)21-12-16(22-15)13-8-9-18(25-2)19(11-13)26-3/h4-9,11,15H,10,12H2,1-3H3,(H,21,23). The van der Waals surface area contributed by atoms with Gasteiger partial charge in [0.15, 0.2) is 11.5 Å². The molecule has 6 heteroatoms. The topological polar surface area (TPSA) is 69.2 Å². The van der Waals surface area contributed by atoms with Gasteiger partial charge in [-0.05, 0) is 29.8 Å². The van der Waals surface area contributed by atoms with E-state index in [-0.39, 0.29) is 5.91 Å². The highest BCUT2D eigenvalue weighted by Crippen LogP contribution is 2.28. The first-order chi connectivity index (χ1) is 12.7. The van der Waals surface area contributed by atoms with E-state index in [2.05, 4.69) is 10.3 Å². The zero-order chi connectivity index (χ0) is 18.5. The van der Waals surface area contributed by atoms with Gasteiger partial charge in [0.25, 0.3) is 0 Å². The van der Waals surface area contributed by atoms with Crippen LogP contribution >= 0.6 is 0 Å². The highest BCUT2D eigenvalue weighted by molar-refractivity contribution is 6.07. The van der Waals surface area contributed by atoms with Gasteiger partial charge < -0.3 is 19.5 Å². The van der Waals surface area contributed by atoms with Crippen molar-refractivity contribution < 1.29 is 19.0 Å². The minimum absolute atomic E-state index is 0.0832. The highest BCUT2D eigenvalue weighted by atomic mass is 16.5. The fraction of sp³-hybridized carbons (Fsp3) is 0.300. The van der Waals surface area contributed by atoms with E-state index in [1.54, 1.807) is 21.3 Å². The van der Waals surface area contributed by atoms with Gasteiger partial charge in [-0.25, -0.2) is 0 Å². The summed E-state index contributed by atoms with van der Waals surface area (Å²) in [7, 11) is 4.81. The second kappa shape index (κ2) is 7.91. The smallest absolute Gasteiger partial charge is 0.245 e. The van der Waals surface area contributed by atoms with E-state index in [4.69, 9.17) is 14.2 Å². The summed E-state index contributed by atoms with van der Waals surface area (Å²) in [5, 5.41) is 2.92. The van der Waals surface area contributed by atoms with Crippen LogP contribution in [-0.4, -0.2) is 45.5 Å². The SMILES string of the molecule is COc1ccccc1CC1N=C(c2ccc(OC)c(OC)c2)CNC1=O. The molecule has 1 atom stereocenters. The Labute approximate surface area is 152 Å². The van der Waals surface area contributed by atoms with Crippen LogP contribution in [0.3, 0.4) is 0 Å². The van der Waals surface area contributed by atoms with Crippen molar-refractivity contribution in [2.45, 2.75) is 12.5 Å². The van der Waals surface area contributed by atoms with Crippen LogP contribution < -0.4 is 19.5 Å². The molecule has 0 radical (unpaired) electrons. The van der Waals surface area contributed by atoms with Crippen molar-refractivity contribution in [3.63, 3.8) is 0 Å². The first-order valence-electron chi connectivity index (χ1n) is 8.35. The lowest BCUT2D eigenvalue weighted by Crippen LogP contribution is -2.43. The van der Waals surface area contributed by atoms with Gasteiger partial charge in [-0.15, -0.1) is 0 Å². The molecule has 0 fully saturated rings. The minimum atomic E-state index is -0.497. The fourth-order valence-corrected chi connectivity index (χ4v) is 2.99. The number of para-hydroxylation sites is 1. The number of amides is 1. The number of hydrogen-bond acceptors (Lipinski definition) is 5. The highest BCUT2D eigenvalue weighted by Gasteiger charge is 2.25. The third-order valence-electron chi connectivity index (χ3n) is 4.37. The molecule has 6 nitrogen and oxygen atoms in total. The first kappa shape index (κ1) is 17.8. The summed E-state index contributed by atoms with van der Waals surface area (Å²) >= 11 is 0. The molecule has 0 aromatic heterocycles. The number of nitrogens with one attached hydrogen (secondary N) is 1. The molecule has 136 valence electrons. The number of carbonyl (C=O) groups is 1. The number of nitrogens with zero attached hydrogens (tertiary/aromatic N) is 1. The Kier molecular flexibility index (Phi) is 5.41. The van der Waals surface area contributed by atoms with E-state index >= 15 is 0 Å². The Bertz CT molecular complexity index is 832. The molecule has 1 aliphatic rings. The van der Waals surface area contributed by atoms with Gasteiger partial charge in [0.05, 0.1) is 33.6 Å². The molecule has 0 aliphatic carbocycles. The second-order valence-electron chi connectivity index (χ2n) is 5.90. The monoisotopic (exact) mass is 354 g/mol. The van der Waals surface area contributed by atoms with Gasteiger partial charge in [-0.2, -0.15) is 0 Å². The van der Waals surface area contributed by atoms with Gasteiger partial charge in [-0.3, -0.25) is 9.79 Å². The second-order valence-corrected chi connectivity index (χ2v) is 5.90. The van der Waals surface area contributed by atoms with Gasteiger partial charge in [-0.1, -0.05) is 18.2 Å². The molecule has 0 bridgehead atoms. The molecule has 1 N–H and O–H groups in total. The number of aliphatic imine (C=N–C) groups is 1. The van der Waals surface area contributed by atoms with Crippen molar-refractivity contribution in [1.29, 1.82) is 0 Å². The predicted octanol–water partition coefficient (Wildman–Crippen LogP) is 2.24. The average molecular weight is 354 g/mol. The van der Waals surface area contributed by atoms with Crippen molar-refractivity contribution in [2.24, 2.45) is 4.99 Å². The molecule has 1 heterocycles. The number of rotatable bonds is 6. The summed E-state index contributed by atoms with van der Waals surface area (Å²) in [5.74, 6) is 1.96. The molecule has 2 aromatic rings. The number of methoxy groups -OCH3 is 3. The largest absolute Gasteiger partial charge is 0.496 e. The Morgan fingerprint density at radius 1 is 1.00 bits per heavy atom. The molecule has 1 aliphatic heterocycles. The van der Waals surface area contributed by atoms with Crippen LogP contribution in [0.4, 0.5) is 0 Å². The van der Waals surface area contributed by atoms with Crippen molar-refractivity contribution >= 4 is 11.6 Å². The van der Waals surface area contributed by atoms with Crippen molar-refractivity contribution in [3.05, 3.63) is 53.6 Å². The maximum absolute atomic E-state index is 12.3. The van der Waals surface area contributed by atoms with Crippen LogP contribution in [0, 0.1) is 0 Å². The number of hydrogen-bond donors (Lipinski definition) is 1. The third kappa shape index (κ3) is 3.64. The first-order valence-corrected chi connectivity index (χ1v) is 8.35. The molecule has 2 aromatic carbocycles. The van der Waals surface area contributed by atoms with Crippen molar-refractivity contribution in [2.75, 3.05) is 27.9 Å². The molecule has 26 heavy (non-hydrogen) atoms. The van der Waals surface area contributed by atoms with Gasteiger partial charge >= 0.3 is 0 Å². The van der Waals surface area contributed by atoms with E-state index in [0.717, 1.165) is 22.6 Å². The Morgan fingerprint density at radius 3 is 2.46 bits per heavy atom. The normalized spacial score (nSPS) is 16.5. The molecule has 3 rings (SSSR count). The van der Waals surface area contributed by atoms with E-state index in [1.165, 1.54) is 0 Å². The zero-order valence-corrected chi connectivity index (χ0v) is 15.1. The van der Waals surface area contributed by atoms with E-state index in [9.17, 15) is 4.79 Å². The Balaban J connectivity index is 1.89. The molecule has 1 amide bonds.